The maximum atomic E-state index is 6.55. The standard InChI is InChI=1S/C17H16ClN3/c1-11-5-4-6-12(9-11)15-10-16-19-14-8-3-2-7-13(14)17(18)21(16)20-15/h4-6,9-10H,2-3,7-8H2,1H3. The molecule has 1 aliphatic carbocycles. The van der Waals surface area contributed by atoms with E-state index in [1.807, 2.05) is 6.07 Å². The normalized spacial score (nSPS) is 14.4. The molecule has 0 aliphatic heterocycles. The molecule has 0 saturated heterocycles. The fraction of sp³-hybridized carbons (Fsp3) is 0.294. The number of rotatable bonds is 1. The van der Waals surface area contributed by atoms with E-state index in [9.17, 15) is 0 Å². The van der Waals surface area contributed by atoms with Crippen molar-refractivity contribution in [3.63, 3.8) is 0 Å². The van der Waals surface area contributed by atoms with Crippen molar-refractivity contribution in [2.24, 2.45) is 0 Å². The molecule has 0 amide bonds. The number of halogens is 1. The van der Waals surface area contributed by atoms with Gasteiger partial charge in [-0.05, 0) is 38.7 Å². The summed E-state index contributed by atoms with van der Waals surface area (Å²) in [6.07, 6.45) is 4.42. The summed E-state index contributed by atoms with van der Waals surface area (Å²) in [7, 11) is 0. The Hall–Kier alpha value is -1.87. The average Bonchev–Trinajstić information content (AvgIpc) is 2.92. The first-order valence-electron chi connectivity index (χ1n) is 7.36. The zero-order chi connectivity index (χ0) is 14.4. The molecule has 0 saturated carbocycles. The van der Waals surface area contributed by atoms with E-state index in [1.54, 1.807) is 4.52 Å². The highest BCUT2D eigenvalue weighted by Gasteiger charge is 2.18. The van der Waals surface area contributed by atoms with Gasteiger partial charge in [0.25, 0.3) is 0 Å². The molecule has 2 aromatic heterocycles. The second-order valence-electron chi connectivity index (χ2n) is 5.70. The van der Waals surface area contributed by atoms with Gasteiger partial charge in [-0.2, -0.15) is 5.10 Å². The predicted octanol–water partition coefficient (Wildman–Crippen LogP) is 4.24. The van der Waals surface area contributed by atoms with Gasteiger partial charge in [0.15, 0.2) is 5.65 Å². The van der Waals surface area contributed by atoms with Crippen LogP contribution in [0.25, 0.3) is 16.9 Å². The summed E-state index contributed by atoms with van der Waals surface area (Å²) in [6.45, 7) is 2.09. The summed E-state index contributed by atoms with van der Waals surface area (Å²) in [5.41, 5.74) is 6.42. The van der Waals surface area contributed by atoms with E-state index >= 15 is 0 Å². The molecule has 4 heteroatoms. The van der Waals surface area contributed by atoms with Crippen LogP contribution in [0.1, 0.15) is 29.7 Å². The molecule has 0 fully saturated rings. The third kappa shape index (κ3) is 2.12. The largest absolute Gasteiger partial charge is 0.233 e. The molecule has 2 heterocycles. The summed E-state index contributed by atoms with van der Waals surface area (Å²) in [4.78, 5) is 4.76. The number of hydrogen-bond acceptors (Lipinski definition) is 2. The zero-order valence-corrected chi connectivity index (χ0v) is 12.7. The van der Waals surface area contributed by atoms with Crippen LogP contribution in [0.4, 0.5) is 0 Å². The van der Waals surface area contributed by atoms with E-state index in [0.717, 1.165) is 40.6 Å². The maximum Gasteiger partial charge on any atom is 0.157 e. The van der Waals surface area contributed by atoms with Crippen molar-refractivity contribution in [2.45, 2.75) is 32.6 Å². The topological polar surface area (TPSA) is 30.2 Å². The molecular weight excluding hydrogens is 282 g/mol. The van der Waals surface area contributed by atoms with E-state index in [4.69, 9.17) is 16.6 Å². The zero-order valence-electron chi connectivity index (χ0n) is 11.9. The predicted molar refractivity (Wildman–Crippen MR) is 84.8 cm³/mol. The first kappa shape index (κ1) is 12.8. The Morgan fingerprint density at radius 2 is 2.00 bits per heavy atom. The lowest BCUT2D eigenvalue weighted by Gasteiger charge is -2.16. The van der Waals surface area contributed by atoms with Crippen molar-refractivity contribution in [2.75, 3.05) is 0 Å². The van der Waals surface area contributed by atoms with Gasteiger partial charge in [-0.1, -0.05) is 35.4 Å². The van der Waals surface area contributed by atoms with Crippen molar-refractivity contribution >= 4 is 17.2 Å². The number of benzene rings is 1. The lowest BCUT2D eigenvalue weighted by molar-refractivity contribution is 0.660. The summed E-state index contributed by atoms with van der Waals surface area (Å²) in [5, 5.41) is 5.38. The van der Waals surface area contributed by atoms with Gasteiger partial charge in [0, 0.05) is 22.9 Å². The Morgan fingerprint density at radius 3 is 2.86 bits per heavy atom. The lowest BCUT2D eigenvalue weighted by Crippen LogP contribution is -2.09. The minimum Gasteiger partial charge on any atom is -0.233 e. The van der Waals surface area contributed by atoms with Crippen LogP contribution in [0.3, 0.4) is 0 Å². The molecular formula is C17H16ClN3. The first-order chi connectivity index (χ1) is 10.2. The van der Waals surface area contributed by atoms with Crippen molar-refractivity contribution in [3.05, 3.63) is 52.3 Å². The van der Waals surface area contributed by atoms with Crippen LogP contribution < -0.4 is 0 Å². The highest BCUT2D eigenvalue weighted by molar-refractivity contribution is 6.30. The summed E-state index contributed by atoms with van der Waals surface area (Å²) in [5.74, 6) is 0. The summed E-state index contributed by atoms with van der Waals surface area (Å²) >= 11 is 6.55. The quantitative estimate of drug-likeness (QED) is 0.629. The van der Waals surface area contributed by atoms with Crippen molar-refractivity contribution in [1.29, 1.82) is 0 Å². The van der Waals surface area contributed by atoms with Crippen LogP contribution in [0.5, 0.6) is 0 Å². The molecule has 1 aromatic carbocycles. The van der Waals surface area contributed by atoms with E-state index in [-0.39, 0.29) is 0 Å². The van der Waals surface area contributed by atoms with Gasteiger partial charge in [0.05, 0.1) is 5.69 Å². The van der Waals surface area contributed by atoms with Gasteiger partial charge in [0.1, 0.15) is 5.15 Å². The van der Waals surface area contributed by atoms with Gasteiger partial charge < -0.3 is 0 Å². The van der Waals surface area contributed by atoms with E-state index in [2.05, 4.69) is 36.3 Å². The van der Waals surface area contributed by atoms with Crippen molar-refractivity contribution in [3.8, 4) is 11.3 Å². The third-order valence-electron chi connectivity index (χ3n) is 4.13. The molecule has 0 unspecified atom stereocenters. The van der Waals surface area contributed by atoms with E-state index in [0.29, 0.717) is 0 Å². The molecule has 1 aliphatic rings. The number of aromatic nitrogens is 3. The molecule has 0 radical (unpaired) electrons. The fourth-order valence-electron chi connectivity index (χ4n) is 3.04. The lowest BCUT2D eigenvalue weighted by atomic mass is 9.97. The number of aryl methyl sites for hydroxylation is 2. The molecule has 0 spiro atoms. The molecule has 21 heavy (non-hydrogen) atoms. The van der Waals surface area contributed by atoms with Gasteiger partial charge in [0.2, 0.25) is 0 Å². The summed E-state index contributed by atoms with van der Waals surface area (Å²) in [6, 6.07) is 10.4. The van der Waals surface area contributed by atoms with Crippen LogP contribution in [-0.2, 0) is 12.8 Å². The number of nitrogens with zero attached hydrogens (tertiary/aromatic N) is 3. The minimum atomic E-state index is 0.730. The van der Waals surface area contributed by atoms with Crippen LogP contribution >= 0.6 is 11.6 Å². The molecule has 4 rings (SSSR count). The molecule has 0 N–H and O–H groups in total. The van der Waals surface area contributed by atoms with E-state index in [1.165, 1.54) is 24.0 Å². The molecule has 0 atom stereocenters. The van der Waals surface area contributed by atoms with Crippen LogP contribution in [0.15, 0.2) is 30.3 Å². The SMILES string of the molecule is Cc1cccc(-c2cc3nc4c(c(Cl)n3n2)CCCC4)c1. The third-order valence-corrected chi connectivity index (χ3v) is 4.52. The van der Waals surface area contributed by atoms with Gasteiger partial charge in [-0.25, -0.2) is 9.50 Å². The highest BCUT2D eigenvalue weighted by Crippen LogP contribution is 2.29. The monoisotopic (exact) mass is 297 g/mol. The van der Waals surface area contributed by atoms with Gasteiger partial charge in [-0.3, -0.25) is 0 Å². The second-order valence-corrected chi connectivity index (χ2v) is 6.06. The molecule has 3 nitrogen and oxygen atoms in total. The smallest absolute Gasteiger partial charge is 0.157 e. The van der Waals surface area contributed by atoms with Gasteiger partial charge in [-0.15, -0.1) is 0 Å². The highest BCUT2D eigenvalue weighted by atomic mass is 35.5. The summed E-state index contributed by atoms with van der Waals surface area (Å²) < 4.78 is 1.78. The van der Waals surface area contributed by atoms with Crippen LogP contribution in [0, 0.1) is 6.92 Å². The minimum absolute atomic E-state index is 0.730. The number of hydrogen-bond donors (Lipinski definition) is 0. The van der Waals surface area contributed by atoms with E-state index < -0.39 is 0 Å². The van der Waals surface area contributed by atoms with Gasteiger partial charge >= 0.3 is 0 Å². The fourth-order valence-corrected chi connectivity index (χ4v) is 3.37. The Labute approximate surface area is 128 Å². The molecule has 106 valence electrons. The van der Waals surface area contributed by atoms with Crippen molar-refractivity contribution in [1.82, 2.24) is 14.6 Å². The Bertz CT molecular complexity index is 835. The second kappa shape index (κ2) is 4.85. The van der Waals surface area contributed by atoms with Crippen molar-refractivity contribution < 1.29 is 0 Å². The molecule has 3 aromatic rings. The Balaban J connectivity index is 1.92. The Morgan fingerprint density at radius 1 is 1.14 bits per heavy atom. The first-order valence-corrected chi connectivity index (χ1v) is 7.74. The Kier molecular flexibility index (Phi) is 2.96. The number of fused-ring (bicyclic) bond motifs is 2. The van der Waals surface area contributed by atoms with Crippen LogP contribution in [-0.4, -0.2) is 14.6 Å². The molecule has 0 bridgehead atoms. The average molecular weight is 298 g/mol. The maximum absolute atomic E-state index is 6.55. The van der Waals surface area contributed by atoms with Crippen LogP contribution in [0.2, 0.25) is 5.15 Å².